The third kappa shape index (κ3) is 9.98. The van der Waals surface area contributed by atoms with Crippen molar-refractivity contribution in [2.75, 3.05) is 13.2 Å². The van der Waals surface area contributed by atoms with Crippen LogP contribution in [0.25, 0.3) is 0 Å². The minimum Gasteiger partial charge on any atom is -0.480 e. The molecule has 0 aliphatic carbocycles. The summed E-state index contributed by atoms with van der Waals surface area (Å²) in [5.74, 6) is -0.873. The lowest BCUT2D eigenvalue weighted by atomic mass is 10.1. The molecule has 0 unspecified atom stereocenters. The van der Waals surface area contributed by atoms with E-state index in [-0.39, 0.29) is 19.0 Å². The summed E-state index contributed by atoms with van der Waals surface area (Å²) in [7, 11) is 0. The van der Waals surface area contributed by atoms with Gasteiger partial charge >= 0.3 is 12.1 Å². The molecule has 0 aliphatic rings. The van der Waals surface area contributed by atoms with Gasteiger partial charge < -0.3 is 26.2 Å². The van der Waals surface area contributed by atoms with Crippen molar-refractivity contribution >= 4 is 18.0 Å². The summed E-state index contributed by atoms with van der Waals surface area (Å²) in [6, 6.07) is -1.00. The molecule has 0 bridgehead atoms. The lowest BCUT2D eigenvalue weighted by molar-refractivity contribution is -0.139. The highest BCUT2D eigenvalue weighted by Crippen LogP contribution is 2.01. The molecule has 0 radical (unpaired) electrons. The molecule has 0 rings (SSSR count). The van der Waals surface area contributed by atoms with Gasteiger partial charge in [-0.15, -0.1) is 0 Å². The Labute approximate surface area is 118 Å². The fourth-order valence-corrected chi connectivity index (χ4v) is 1.36. The molecule has 0 aromatic heterocycles. The monoisotopic (exact) mass is 288 g/mol. The molecule has 6 N–H and O–H groups in total. The highest BCUT2D eigenvalue weighted by molar-refractivity contribution is 5.79. The van der Waals surface area contributed by atoms with Gasteiger partial charge in [0.25, 0.3) is 0 Å². The van der Waals surface area contributed by atoms with Crippen molar-refractivity contribution in [2.45, 2.75) is 39.2 Å². The van der Waals surface area contributed by atoms with E-state index in [2.05, 4.69) is 10.6 Å². The topological polar surface area (TPSA) is 138 Å². The van der Waals surface area contributed by atoms with Gasteiger partial charge in [-0.3, -0.25) is 5.41 Å². The fourth-order valence-electron chi connectivity index (χ4n) is 1.36. The fraction of sp³-hybridized carbons (Fsp3) is 0.750. The molecule has 0 heterocycles. The van der Waals surface area contributed by atoms with Gasteiger partial charge in [-0.2, -0.15) is 0 Å². The van der Waals surface area contributed by atoms with Crippen LogP contribution < -0.4 is 16.4 Å². The Morgan fingerprint density at radius 2 is 2.00 bits per heavy atom. The van der Waals surface area contributed by atoms with E-state index in [1.54, 1.807) is 0 Å². The van der Waals surface area contributed by atoms with Crippen molar-refractivity contribution in [3.05, 3.63) is 0 Å². The van der Waals surface area contributed by atoms with Gasteiger partial charge in [0.15, 0.2) is 5.96 Å². The van der Waals surface area contributed by atoms with E-state index in [1.807, 2.05) is 13.8 Å². The normalized spacial score (nSPS) is 11.8. The van der Waals surface area contributed by atoms with E-state index in [4.69, 9.17) is 21.0 Å². The molecule has 0 spiro atoms. The largest absolute Gasteiger partial charge is 0.480 e. The average molecular weight is 288 g/mol. The number of guanidine groups is 1. The SMILES string of the molecule is CC(C)CCOC(=O)N[C@@H](CCCNC(=N)N)C(=O)O. The van der Waals surface area contributed by atoms with Crippen LogP contribution in [0.3, 0.4) is 0 Å². The molecule has 1 amide bonds. The van der Waals surface area contributed by atoms with Gasteiger partial charge in [-0.1, -0.05) is 13.8 Å². The number of nitrogens with two attached hydrogens (primary N) is 1. The first-order valence-corrected chi connectivity index (χ1v) is 6.57. The number of aliphatic carboxylic acids is 1. The minimum absolute atomic E-state index is 0.169. The Kier molecular flexibility index (Phi) is 8.89. The van der Waals surface area contributed by atoms with Gasteiger partial charge in [0.2, 0.25) is 0 Å². The first-order valence-electron chi connectivity index (χ1n) is 6.57. The number of ether oxygens (including phenoxy) is 1. The second-order valence-electron chi connectivity index (χ2n) is 4.84. The number of alkyl carbamates (subject to hydrolysis) is 1. The Balaban J connectivity index is 3.97. The maximum atomic E-state index is 11.4. The zero-order valence-electron chi connectivity index (χ0n) is 11.9. The molecule has 0 saturated carbocycles. The van der Waals surface area contributed by atoms with Crippen LogP contribution in [0.5, 0.6) is 0 Å². The number of hydrogen-bond acceptors (Lipinski definition) is 4. The van der Waals surface area contributed by atoms with Crippen molar-refractivity contribution in [1.82, 2.24) is 10.6 Å². The van der Waals surface area contributed by atoms with Gasteiger partial charge in [-0.05, 0) is 25.2 Å². The first-order chi connectivity index (χ1) is 9.32. The van der Waals surface area contributed by atoms with Crippen molar-refractivity contribution in [2.24, 2.45) is 11.7 Å². The van der Waals surface area contributed by atoms with E-state index in [1.165, 1.54) is 0 Å². The van der Waals surface area contributed by atoms with Crippen LogP contribution in [0.1, 0.15) is 33.1 Å². The van der Waals surface area contributed by atoms with E-state index >= 15 is 0 Å². The molecule has 0 fully saturated rings. The number of hydrogen-bond donors (Lipinski definition) is 5. The van der Waals surface area contributed by atoms with Crippen LogP contribution in [0.15, 0.2) is 0 Å². The second-order valence-corrected chi connectivity index (χ2v) is 4.84. The third-order valence-electron chi connectivity index (χ3n) is 2.50. The van der Waals surface area contributed by atoms with Crippen LogP contribution in [0, 0.1) is 11.3 Å². The summed E-state index contributed by atoms with van der Waals surface area (Å²) < 4.78 is 4.89. The molecule has 20 heavy (non-hydrogen) atoms. The lowest BCUT2D eigenvalue weighted by Gasteiger charge is -2.15. The second kappa shape index (κ2) is 9.88. The molecule has 1 atom stereocenters. The number of carboxylic acid groups (broad SMARTS) is 1. The molecule has 8 heteroatoms. The van der Waals surface area contributed by atoms with Crippen LogP contribution in [-0.2, 0) is 9.53 Å². The minimum atomic E-state index is -1.12. The average Bonchev–Trinajstić information content (AvgIpc) is 2.31. The standard InChI is InChI=1S/C12H24N4O4/c1-8(2)5-7-20-12(19)16-9(10(17)18)4-3-6-15-11(13)14/h8-9H,3-7H2,1-2H3,(H,16,19)(H,17,18)(H4,13,14,15)/t9-/m0/s1. The smallest absolute Gasteiger partial charge is 0.407 e. The summed E-state index contributed by atoms with van der Waals surface area (Å²) in [6.07, 6.45) is 0.698. The number of carboxylic acids is 1. The number of rotatable bonds is 9. The summed E-state index contributed by atoms with van der Waals surface area (Å²) >= 11 is 0. The first kappa shape index (κ1) is 18.0. The number of nitrogens with one attached hydrogen (secondary N) is 3. The molecule has 8 nitrogen and oxygen atoms in total. The van der Waals surface area contributed by atoms with E-state index in [9.17, 15) is 9.59 Å². The lowest BCUT2D eigenvalue weighted by Crippen LogP contribution is -2.42. The quantitative estimate of drug-likeness (QED) is 0.237. The highest BCUT2D eigenvalue weighted by Gasteiger charge is 2.20. The molecular formula is C12H24N4O4. The van der Waals surface area contributed by atoms with Crippen molar-refractivity contribution < 1.29 is 19.4 Å². The maximum Gasteiger partial charge on any atom is 0.407 e. The van der Waals surface area contributed by atoms with Crippen molar-refractivity contribution in [3.8, 4) is 0 Å². The van der Waals surface area contributed by atoms with Crippen LogP contribution in [0.4, 0.5) is 4.79 Å². The number of amides is 1. The predicted molar refractivity (Wildman–Crippen MR) is 74.5 cm³/mol. The number of carbonyl (C=O) groups excluding carboxylic acids is 1. The van der Waals surface area contributed by atoms with Gasteiger partial charge in [0, 0.05) is 6.54 Å². The van der Waals surface area contributed by atoms with Crippen LogP contribution in [-0.4, -0.2) is 42.3 Å². The molecule has 0 aliphatic heterocycles. The summed E-state index contributed by atoms with van der Waals surface area (Å²) in [6.45, 7) is 4.65. The number of carbonyl (C=O) groups is 2. The summed E-state index contributed by atoms with van der Waals surface area (Å²) in [5.41, 5.74) is 5.10. The van der Waals surface area contributed by atoms with Crippen LogP contribution >= 0.6 is 0 Å². The van der Waals surface area contributed by atoms with E-state index in [0.29, 0.717) is 18.9 Å². The molecule has 116 valence electrons. The Hall–Kier alpha value is -1.99. The van der Waals surface area contributed by atoms with Crippen LogP contribution in [0.2, 0.25) is 0 Å². The zero-order valence-corrected chi connectivity index (χ0v) is 11.9. The highest BCUT2D eigenvalue weighted by atomic mass is 16.5. The van der Waals surface area contributed by atoms with Gasteiger partial charge in [0.05, 0.1) is 6.61 Å². The Morgan fingerprint density at radius 1 is 1.35 bits per heavy atom. The summed E-state index contributed by atoms with van der Waals surface area (Å²) in [4.78, 5) is 22.4. The Morgan fingerprint density at radius 3 is 2.50 bits per heavy atom. The van der Waals surface area contributed by atoms with E-state index in [0.717, 1.165) is 6.42 Å². The maximum absolute atomic E-state index is 11.4. The van der Waals surface area contributed by atoms with Crippen molar-refractivity contribution in [1.29, 1.82) is 5.41 Å². The molecule has 0 aromatic carbocycles. The van der Waals surface area contributed by atoms with Crippen molar-refractivity contribution in [3.63, 3.8) is 0 Å². The predicted octanol–water partition coefficient (Wildman–Crippen LogP) is 0.475. The molecular weight excluding hydrogens is 264 g/mol. The van der Waals surface area contributed by atoms with Gasteiger partial charge in [0.1, 0.15) is 6.04 Å². The zero-order chi connectivity index (χ0) is 15.5. The van der Waals surface area contributed by atoms with E-state index < -0.39 is 18.1 Å². The molecule has 0 saturated heterocycles. The Bertz CT molecular complexity index is 333. The van der Waals surface area contributed by atoms with Gasteiger partial charge in [-0.25, -0.2) is 9.59 Å². The molecule has 0 aromatic rings. The summed E-state index contributed by atoms with van der Waals surface area (Å²) in [5, 5.41) is 20.8. The third-order valence-corrected chi connectivity index (χ3v) is 2.50.